The van der Waals surface area contributed by atoms with Crippen molar-refractivity contribution in [3.05, 3.63) is 24.8 Å². The van der Waals surface area contributed by atoms with Crippen molar-refractivity contribution in [3.63, 3.8) is 0 Å². The summed E-state index contributed by atoms with van der Waals surface area (Å²) in [6, 6.07) is 0. The van der Waals surface area contributed by atoms with Crippen molar-refractivity contribution in [2.24, 2.45) is 11.5 Å². The first kappa shape index (κ1) is 43.2. The number of nitrogens with two attached hydrogens (primary N) is 2. The van der Waals surface area contributed by atoms with Crippen LogP contribution in [0.25, 0.3) is 0 Å². The molecule has 0 aromatic heterocycles. The van der Waals surface area contributed by atoms with Crippen molar-refractivity contribution < 1.29 is 10.2 Å². The van der Waals surface area contributed by atoms with Crippen LogP contribution in [0.1, 0.15) is 155 Å². The molecule has 0 saturated heterocycles. The van der Waals surface area contributed by atoms with Gasteiger partial charge in [0.2, 0.25) is 0 Å². The van der Waals surface area contributed by atoms with Gasteiger partial charge in [0.25, 0.3) is 0 Å². The van der Waals surface area contributed by atoms with Gasteiger partial charge in [0.1, 0.15) is 0 Å². The number of hydrogen-bond acceptors (Lipinski definition) is 6. The smallest absolute Gasteiger partial charge is 0.0789 e. The summed E-state index contributed by atoms with van der Waals surface area (Å²) >= 11 is 0. The number of rotatable bonds is 36. The molecule has 0 bridgehead atoms. The van der Waals surface area contributed by atoms with Crippen LogP contribution < -0.4 is 11.5 Å². The summed E-state index contributed by atoms with van der Waals surface area (Å²) in [5.41, 5.74) is 11.5. The standard InChI is InChI=1S/C38H78N4O2/c1-3-5-7-9-11-13-14-15-16-17-18-19-20-22-24-26-30-42(36-38(44)34-40)32-28-27-31-41(35-37(43)33-39)29-25-23-21-12-10-8-6-4-2/h4,15-16,37-38,43-44H,2-3,5-14,17-36,39-40H2,1H3/b16-15-. The van der Waals surface area contributed by atoms with Crippen LogP contribution in [0.5, 0.6) is 0 Å². The predicted molar refractivity (Wildman–Crippen MR) is 194 cm³/mol. The van der Waals surface area contributed by atoms with Gasteiger partial charge < -0.3 is 31.5 Å². The Morgan fingerprint density at radius 3 is 1.18 bits per heavy atom. The van der Waals surface area contributed by atoms with Gasteiger partial charge in [-0.3, -0.25) is 0 Å². The summed E-state index contributed by atoms with van der Waals surface area (Å²) in [6.45, 7) is 12.1. The van der Waals surface area contributed by atoms with Crippen molar-refractivity contribution in [2.45, 2.75) is 167 Å². The van der Waals surface area contributed by atoms with E-state index in [0.717, 1.165) is 45.4 Å². The molecule has 0 radical (unpaired) electrons. The predicted octanol–water partition coefficient (Wildman–Crippen LogP) is 7.96. The van der Waals surface area contributed by atoms with E-state index in [9.17, 15) is 10.2 Å². The van der Waals surface area contributed by atoms with Crippen molar-refractivity contribution >= 4 is 0 Å². The zero-order valence-corrected chi connectivity index (χ0v) is 29.5. The van der Waals surface area contributed by atoms with E-state index in [1.165, 1.54) is 128 Å². The third-order valence-corrected chi connectivity index (χ3v) is 8.80. The first-order valence-electron chi connectivity index (χ1n) is 19.0. The van der Waals surface area contributed by atoms with E-state index in [1.54, 1.807) is 0 Å². The minimum absolute atomic E-state index is 0.320. The molecule has 0 saturated carbocycles. The van der Waals surface area contributed by atoms with Crippen LogP contribution in [0.3, 0.4) is 0 Å². The lowest BCUT2D eigenvalue weighted by Crippen LogP contribution is -2.39. The van der Waals surface area contributed by atoms with E-state index in [2.05, 4.69) is 35.5 Å². The van der Waals surface area contributed by atoms with Gasteiger partial charge in [-0.2, -0.15) is 0 Å². The Morgan fingerprint density at radius 2 is 0.818 bits per heavy atom. The van der Waals surface area contributed by atoms with Crippen LogP contribution >= 0.6 is 0 Å². The maximum absolute atomic E-state index is 10.2. The van der Waals surface area contributed by atoms with Crippen LogP contribution in [-0.4, -0.2) is 84.6 Å². The number of unbranched alkanes of at least 4 members (excludes halogenated alkanes) is 19. The number of aliphatic hydroxyl groups is 2. The van der Waals surface area contributed by atoms with Gasteiger partial charge in [-0.1, -0.05) is 109 Å². The molecule has 0 amide bonds. The van der Waals surface area contributed by atoms with E-state index in [4.69, 9.17) is 11.5 Å². The van der Waals surface area contributed by atoms with E-state index in [0.29, 0.717) is 26.2 Å². The molecule has 0 aromatic rings. The lowest BCUT2D eigenvalue weighted by molar-refractivity contribution is 0.107. The molecular weight excluding hydrogens is 544 g/mol. The molecule has 2 atom stereocenters. The summed E-state index contributed by atoms with van der Waals surface area (Å²) in [5.74, 6) is 0. The highest BCUT2D eigenvalue weighted by molar-refractivity contribution is 4.81. The second-order valence-corrected chi connectivity index (χ2v) is 13.2. The molecule has 0 rings (SSSR count). The molecule has 2 unspecified atom stereocenters. The molecule has 262 valence electrons. The van der Waals surface area contributed by atoms with Crippen LogP contribution in [0.4, 0.5) is 0 Å². The van der Waals surface area contributed by atoms with Gasteiger partial charge in [0, 0.05) is 26.2 Å². The zero-order chi connectivity index (χ0) is 32.4. The van der Waals surface area contributed by atoms with E-state index < -0.39 is 12.2 Å². The van der Waals surface area contributed by atoms with Crippen molar-refractivity contribution in [3.8, 4) is 0 Å². The molecule has 0 fully saturated rings. The Kier molecular flexibility index (Phi) is 34.5. The molecule has 6 heteroatoms. The molecule has 6 N–H and O–H groups in total. The Hall–Kier alpha value is -0.760. The Labute approximate surface area is 275 Å². The number of nitrogens with zero attached hydrogens (tertiary/aromatic N) is 2. The van der Waals surface area contributed by atoms with Crippen LogP contribution in [-0.2, 0) is 0 Å². The molecule has 0 spiro atoms. The molecule has 44 heavy (non-hydrogen) atoms. The van der Waals surface area contributed by atoms with Crippen molar-refractivity contribution in [1.82, 2.24) is 9.80 Å². The lowest BCUT2D eigenvalue weighted by atomic mass is 10.1. The monoisotopic (exact) mass is 623 g/mol. The largest absolute Gasteiger partial charge is 0.390 e. The van der Waals surface area contributed by atoms with Gasteiger partial charge in [-0.15, -0.1) is 6.58 Å². The van der Waals surface area contributed by atoms with Gasteiger partial charge in [0.05, 0.1) is 12.2 Å². The number of allylic oxidation sites excluding steroid dienone is 3. The summed E-state index contributed by atoms with van der Waals surface area (Å²) in [4.78, 5) is 4.82. The van der Waals surface area contributed by atoms with Crippen molar-refractivity contribution in [2.75, 3.05) is 52.4 Å². The quantitative estimate of drug-likeness (QED) is 0.0418. The molecular formula is C38H78N4O2. The van der Waals surface area contributed by atoms with Crippen LogP contribution in [0, 0.1) is 0 Å². The minimum Gasteiger partial charge on any atom is -0.390 e. The highest BCUT2D eigenvalue weighted by Crippen LogP contribution is 2.12. The Bertz CT molecular complexity index is 603. The molecule has 0 heterocycles. The van der Waals surface area contributed by atoms with E-state index in [-0.39, 0.29) is 0 Å². The summed E-state index contributed by atoms with van der Waals surface area (Å²) in [7, 11) is 0. The first-order chi connectivity index (χ1) is 21.6. The van der Waals surface area contributed by atoms with Crippen LogP contribution in [0.2, 0.25) is 0 Å². The van der Waals surface area contributed by atoms with Gasteiger partial charge in [0.15, 0.2) is 0 Å². The molecule has 0 aliphatic heterocycles. The number of hydrogen-bond donors (Lipinski definition) is 4. The Balaban J connectivity index is 4.10. The lowest BCUT2D eigenvalue weighted by Gasteiger charge is -2.27. The van der Waals surface area contributed by atoms with Gasteiger partial charge in [-0.05, 0) is 90.4 Å². The topological polar surface area (TPSA) is 99.0 Å². The summed E-state index contributed by atoms with van der Waals surface area (Å²) in [5, 5.41) is 20.4. The molecule has 6 nitrogen and oxygen atoms in total. The molecule has 0 aromatic carbocycles. The second-order valence-electron chi connectivity index (χ2n) is 13.2. The fourth-order valence-corrected chi connectivity index (χ4v) is 5.92. The fourth-order valence-electron chi connectivity index (χ4n) is 5.92. The molecule has 0 aliphatic rings. The fraction of sp³-hybridized carbons (Fsp3) is 0.895. The average molecular weight is 623 g/mol. The highest BCUT2D eigenvalue weighted by Gasteiger charge is 2.13. The van der Waals surface area contributed by atoms with Gasteiger partial charge >= 0.3 is 0 Å². The summed E-state index contributed by atoms with van der Waals surface area (Å²) < 4.78 is 0. The van der Waals surface area contributed by atoms with Crippen molar-refractivity contribution in [1.29, 1.82) is 0 Å². The zero-order valence-electron chi connectivity index (χ0n) is 29.5. The maximum Gasteiger partial charge on any atom is 0.0789 e. The first-order valence-corrected chi connectivity index (χ1v) is 19.0. The third-order valence-electron chi connectivity index (χ3n) is 8.80. The Morgan fingerprint density at radius 1 is 0.500 bits per heavy atom. The maximum atomic E-state index is 10.2. The third kappa shape index (κ3) is 31.2. The van der Waals surface area contributed by atoms with Gasteiger partial charge in [-0.25, -0.2) is 0 Å². The summed E-state index contributed by atoms with van der Waals surface area (Å²) in [6.07, 6.45) is 35.4. The van der Waals surface area contributed by atoms with Crippen LogP contribution in [0.15, 0.2) is 24.8 Å². The average Bonchev–Trinajstić information content (AvgIpc) is 3.03. The minimum atomic E-state index is -0.448. The normalized spacial score (nSPS) is 13.4. The van der Waals surface area contributed by atoms with E-state index >= 15 is 0 Å². The molecule has 0 aliphatic carbocycles. The second kappa shape index (κ2) is 35.1. The number of aliphatic hydroxyl groups excluding tert-OH is 2. The SMILES string of the molecule is C=CCCCCCCCCN(CCCCN(CCCCCCCC/C=C\CCCCCCCC)CC(O)CN)CC(O)CN. The van der Waals surface area contributed by atoms with E-state index in [1.807, 2.05) is 6.08 Å². The highest BCUT2D eigenvalue weighted by atomic mass is 16.3.